The number of likely N-dealkylation sites (N-methyl/N-ethyl adjacent to an activating group) is 1. The van der Waals surface area contributed by atoms with E-state index >= 15 is 0 Å². The van der Waals surface area contributed by atoms with E-state index < -0.39 is 40.7 Å². The molecule has 1 aromatic heterocycles. The monoisotopic (exact) mass is 618 g/mol. The Labute approximate surface area is 251 Å². The van der Waals surface area contributed by atoms with Crippen LogP contribution in [0.25, 0.3) is 11.1 Å². The zero-order valence-electron chi connectivity index (χ0n) is 24.5. The highest BCUT2D eigenvalue weighted by Gasteiger charge is 2.38. The molecule has 230 valence electrons. The van der Waals surface area contributed by atoms with E-state index in [-0.39, 0.29) is 18.6 Å². The van der Waals surface area contributed by atoms with Gasteiger partial charge >= 0.3 is 18.2 Å². The number of anilines is 1. The lowest BCUT2D eigenvalue weighted by molar-refractivity contribution is -0.144. The topological polar surface area (TPSA) is 85.4 Å². The Bertz CT molecular complexity index is 1480. The number of hydrogen-bond acceptors (Lipinski definition) is 7. The highest BCUT2D eigenvalue weighted by molar-refractivity contribution is 7.12. The molecule has 2 amide bonds. The molecule has 1 atom stereocenters. The minimum atomic E-state index is -4.50. The van der Waals surface area contributed by atoms with Crippen LogP contribution in [0.5, 0.6) is 5.75 Å². The van der Waals surface area contributed by atoms with E-state index in [1.807, 2.05) is 0 Å². The summed E-state index contributed by atoms with van der Waals surface area (Å²) in [7, 11) is 2.60. The third-order valence-electron chi connectivity index (χ3n) is 6.74. The second-order valence-electron chi connectivity index (χ2n) is 11.0. The Balaban J connectivity index is 1.50. The Kier molecular flexibility index (Phi) is 9.38. The molecule has 8 nitrogen and oxygen atoms in total. The van der Waals surface area contributed by atoms with Gasteiger partial charge in [0.1, 0.15) is 28.9 Å². The Hall–Kier alpha value is -4.06. The fourth-order valence-corrected chi connectivity index (χ4v) is 5.64. The number of benzene rings is 2. The number of esters is 1. The van der Waals surface area contributed by atoms with Gasteiger partial charge < -0.3 is 19.1 Å². The highest BCUT2D eigenvalue weighted by Crippen LogP contribution is 2.43. The van der Waals surface area contributed by atoms with Crippen molar-refractivity contribution in [1.29, 1.82) is 0 Å². The van der Waals surface area contributed by atoms with Gasteiger partial charge in [-0.05, 0) is 62.6 Å². The number of alkyl halides is 3. The van der Waals surface area contributed by atoms with E-state index in [0.29, 0.717) is 46.2 Å². The Morgan fingerprint density at radius 2 is 1.74 bits per heavy atom. The highest BCUT2D eigenvalue weighted by atomic mass is 32.1. The molecule has 12 heteroatoms. The largest absolute Gasteiger partial charge is 0.488 e. The molecule has 1 aliphatic rings. The maximum Gasteiger partial charge on any atom is 0.426 e. The zero-order chi connectivity index (χ0) is 31.5. The summed E-state index contributed by atoms with van der Waals surface area (Å²) in [6, 6.07) is 13.8. The average Bonchev–Trinajstić information content (AvgIpc) is 3.58. The fraction of sp³-hybridized carbons (Fsp3) is 0.387. The Morgan fingerprint density at radius 1 is 1.05 bits per heavy atom. The summed E-state index contributed by atoms with van der Waals surface area (Å²) in [5, 5.41) is 0. The lowest BCUT2D eigenvalue weighted by Gasteiger charge is -2.32. The number of methoxy groups -OCH3 is 1. The van der Waals surface area contributed by atoms with Crippen molar-refractivity contribution in [3.8, 4) is 16.9 Å². The van der Waals surface area contributed by atoms with Gasteiger partial charge in [0, 0.05) is 29.7 Å². The molecule has 43 heavy (non-hydrogen) atoms. The molecule has 0 saturated heterocycles. The summed E-state index contributed by atoms with van der Waals surface area (Å²) in [6.07, 6.45) is -5.13. The number of thiophene rings is 1. The number of ether oxygens (including phenoxy) is 3. The standard InChI is InChI=1S/C31H33F3N2O6S/c1-30(2,3)42-29(39)35(4)25(17-26(37)40-5)28(38)36-14-13-20-15-21(11-12-24(20)36)41-18-22-16-23(19-9-7-6-8-10-19)27(43-22)31(32,33)34/h6-12,15-16,25H,13-14,17-18H2,1-5H3. The van der Waals surface area contributed by atoms with Crippen LogP contribution in [-0.4, -0.2) is 55.2 Å². The van der Waals surface area contributed by atoms with Gasteiger partial charge in [0.05, 0.1) is 13.5 Å². The molecule has 1 unspecified atom stereocenters. The first kappa shape index (κ1) is 31.9. The van der Waals surface area contributed by atoms with Gasteiger partial charge in [-0.2, -0.15) is 13.2 Å². The quantitative estimate of drug-likeness (QED) is 0.261. The number of rotatable bonds is 8. The molecule has 3 aromatic rings. The molecule has 0 spiro atoms. The third kappa shape index (κ3) is 7.67. The number of halogens is 3. The molecule has 0 bridgehead atoms. The van der Waals surface area contributed by atoms with Crippen molar-refractivity contribution >= 4 is 35.0 Å². The molecule has 0 aliphatic carbocycles. The molecular formula is C31H33F3N2O6S. The lowest BCUT2D eigenvalue weighted by atomic mass is 10.1. The summed E-state index contributed by atoms with van der Waals surface area (Å²) < 4.78 is 57.3. The number of fused-ring (bicyclic) bond motifs is 1. The van der Waals surface area contributed by atoms with Gasteiger partial charge in [-0.15, -0.1) is 11.3 Å². The molecule has 2 aromatic carbocycles. The second-order valence-corrected chi connectivity index (χ2v) is 12.2. The van der Waals surface area contributed by atoms with Crippen LogP contribution < -0.4 is 9.64 Å². The number of carbonyl (C=O) groups is 3. The molecule has 0 saturated carbocycles. The SMILES string of the molecule is COC(=O)CC(C(=O)N1CCc2cc(OCc3cc(-c4ccccc4)c(C(F)(F)F)s3)ccc21)N(C)C(=O)OC(C)(C)C. The smallest absolute Gasteiger partial charge is 0.426 e. The normalized spacial score (nSPS) is 13.7. The average molecular weight is 619 g/mol. The molecule has 0 fully saturated rings. The van der Waals surface area contributed by atoms with Crippen LogP contribution in [0.3, 0.4) is 0 Å². The molecular weight excluding hydrogens is 585 g/mol. The van der Waals surface area contributed by atoms with Gasteiger partial charge in [-0.25, -0.2) is 4.79 Å². The van der Waals surface area contributed by atoms with Crippen molar-refractivity contribution in [1.82, 2.24) is 4.90 Å². The van der Waals surface area contributed by atoms with Crippen molar-refractivity contribution in [2.45, 2.75) is 58.0 Å². The number of amides is 2. The van der Waals surface area contributed by atoms with E-state index in [2.05, 4.69) is 0 Å². The number of nitrogens with zero attached hydrogens (tertiary/aromatic N) is 2. The molecule has 4 rings (SSSR count). The van der Waals surface area contributed by atoms with Crippen LogP contribution in [0.2, 0.25) is 0 Å². The van der Waals surface area contributed by atoms with Gasteiger partial charge in [0.2, 0.25) is 0 Å². The molecule has 2 heterocycles. The van der Waals surface area contributed by atoms with Crippen LogP contribution >= 0.6 is 11.3 Å². The van der Waals surface area contributed by atoms with Crippen molar-refractivity contribution in [2.24, 2.45) is 0 Å². The maximum absolute atomic E-state index is 13.8. The van der Waals surface area contributed by atoms with Gasteiger partial charge in [-0.1, -0.05) is 30.3 Å². The second kappa shape index (κ2) is 12.7. The molecule has 1 aliphatic heterocycles. The van der Waals surface area contributed by atoms with E-state index in [1.54, 1.807) is 69.3 Å². The van der Waals surface area contributed by atoms with Crippen LogP contribution in [-0.2, 0) is 38.3 Å². The first-order valence-electron chi connectivity index (χ1n) is 13.5. The summed E-state index contributed by atoms with van der Waals surface area (Å²) >= 11 is 0.645. The lowest BCUT2D eigenvalue weighted by Crippen LogP contribution is -2.51. The first-order valence-corrected chi connectivity index (χ1v) is 14.3. The number of hydrogen-bond donors (Lipinski definition) is 0. The van der Waals surface area contributed by atoms with Gasteiger partial charge in [0.25, 0.3) is 5.91 Å². The summed E-state index contributed by atoms with van der Waals surface area (Å²) in [4.78, 5) is 40.8. The minimum absolute atomic E-state index is 0.0656. The summed E-state index contributed by atoms with van der Waals surface area (Å²) in [5.74, 6) is -0.694. The van der Waals surface area contributed by atoms with Gasteiger partial charge in [0.15, 0.2) is 0 Å². The van der Waals surface area contributed by atoms with E-state index in [4.69, 9.17) is 14.2 Å². The van der Waals surface area contributed by atoms with Crippen LogP contribution in [0.4, 0.5) is 23.7 Å². The zero-order valence-corrected chi connectivity index (χ0v) is 25.3. The summed E-state index contributed by atoms with van der Waals surface area (Å²) in [5.41, 5.74) is 1.16. The van der Waals surface area contributed by atoms with Crippen molar-refractivity contribution in [3.05, 3.63) is 69.9 Å². The van der Waals surface area contributed by atoms with Crippen LogP contribution in [0.15, 0.2) is 54.6 Å². The summed E-state index contributed by atoms with van der Waals surface area (Å²) in [6.45, 7) is 5.33. The van der Waals surface area contributed by atoms with Crippen molar-refractivity contribution in [3.63, 3.8) is 0 Å². The predicted octanol–water partition coefficient (Wildman–Crippen LogP) is 6.70. The van der Waals surface area contributed by atoms with Crippen molar-refractivity contribution in [2.75, 3.05) is 25.6 Å². The van der Waals surface area contributed by atoms with E-state index in [0.717, 1.165) is 10.5 Å². The van der Waals surface area contributed by atoms with E-state index in [1.165, 1.54) is 25.1 Å². The van der Waals surface area contributed by atoms with E-state index in [9.17, 15) is 27.6 Å². The fourth-order valence-electron chi connectivity index (χ4n) is 4.68. The van der Waals surface area contributed by atoms with Crippen molar-refractivity contribution < 1.29 is 41.8 Å². The van der Waals surface area contributed by atoms with Crippen LogP contribution in [0, 0.1) is 0 Å². The molecule has 0 radical (unpaired) electrons. The third-order valence-corrected chi connectivity index (χ3v) is 7.89. The van der Waals surface area contributed by atoms with Crippen LogP contribution in [0.1, 0.15) is 42.5 Å². The predicted molar refractivity (Wildman–Crippen MR) is 156 cm³/mol. The first-order chi connectivity index (χ1) is 20.2. The molecule has 0 N–H and O–H groups in total. The van der Waals surface area contributed by atoms with Gasteiger partial charge in [-0.3, -0.25) is 14.5 Å². The minimum Gasteiger partial charge on any atom is -0.488 e. The number of carbonyl (C=O) groups excluding carboxylic acids is 3. The maximum atomic E-state index is 13.8. The Morgan fingerprint density at radius 3 is 2.37 bits per heavy atom.